The molecule has 3 nitrogen and oxygen atoms in total. The third-order valence-electron chi connectivity index (χ3n) is 1.93. The molecule has 0 atom stereocenters. The van der Waals surface area contributed by atoms with E-state index in [0.29, 0.717) is 11.3 Å². The van der Waals surface area contributed by atoms with Crippen LogP contribution >= 0.6 is 11.6 Å². The third-order valence-corrected chi connectivity index (χ3v) is 2.22. The first-order valence-electron chi connectivity index (χ1n) is 5.00. The first-order valence-corrected chi connectivity index (χ1v) is 5.54. The van der Waals surface area contributed by atoms with Crippen LogP contribution in [0.25, 0.3) is 0 Å². The zero-order chi connectivity index (χ0) is 13.6. The Morgan fingerprint density at radius 2 is 2.00 bits per heavy atom. The van der Waals surface area contributed by atoms with Crippen LogP contribution in [0.4, 0.5) is 18.9 Å². The summed E-state index contributed by atoms with van der Waals surface area (Å²) < 4.78 is 39.6. The van der Waals surface area contributed by atoms with Crippen molar-refractivity contribution in [3.05, 3.63) is 29.8 Å². The smallest absolute Gasteiger partial charge is 0.362 e. The fourth-order valence-corrected chi connectivity index (χ4v) is 1.44. The van der Waals surface area contributed by atoms with Crippen molar-refractivity contribution in [3.8, 4) is 0 Å². The molecule has 0 fully saturated rings. The maximum Gasteiger partial charge on any atom is 0.411 e. The summed E-state index contributed by atoms with van der Waals surface area (Å²) in [6.45, 7) is -2.10. The number of anilines is 1. The molecule has 0 saturated heterocycles. The Morgan fingerprint density at radius 3 is 2.61 bits per heavy atom. The van der Waals surface area contributed by atoms with Gasteiger partial charge in [0.05, 0.1) is 0 Å². The summed E-state index contributed by atoms with van der Waals surface area (Å²) in [5.74, 6) is -0.461. The summed E-state index contributed by atoms with van der Waals surface area (Å²) in [6, 6.07) is 6.74. The van der Waals surface area contributed by atoms with E-state index in [1.165, 1.54) is 0 Å². The van der Waals surface area contributed by atoms with Gasteiger partial charge in [0.2, 0.25) is 5.91 Å². The predicted molar refractivity (Wildman–Crippen MR) is 61.5 cm³/mol. The molecular formula is C11H11ClF3NO2. The monoisotopic (exact) mass is 281 g/mol. The van der Waals surface area contributed by atoms with E-state index in [9.17, 15) is 18.0 Å². The number of benzene rings is 1. The third kappa shape index (κ3) is 5.37. The average Bonchev–Trinajstić information content (AvgIpc) is 2.28. The molecule has 0 saturated carbocycles. The number of halogens is 4. The minimum absolute atomic E-state index is 0.194. The number of ether oxygens (including phenoxy) is 1. The van der Waals surface area contributed by atoms with E-state index in [0.717, 1.165) is 0 Å². The lowest BCUT2D eigenvalue weighted by Gasteiger charge is -2.10. The second-order valence-corrected chi connectivity index (χ2v) is 3.71. The van der Waals surface area contributed by atoms with Crippen LogP contribution in [0.2, 0.25) is 0 Å². The largest absolute Gasteiger partial charge is 0.411 e. The van der Waals surface area contributed by atoms with Gasteiger partial charge in [-0.3, -0.25) is 4.79 Å². The quantitative estimate of drug-likeness (QED) is 0.843. The molecular weight excluding hydrogens is 271 g/mol. The number of hydrogen-bond acceptors (Lipinski definition) is 2. The minimum atomic E-state index is -4.44. The van der Waals surface area contributed by atoms with Crippen molar-refractivity contribution in [2.45, 2.75) is 12.1 Å². The van der Waals surface area contributed by atoms with Crippen molar-refractivity contribution in [1.82, 2.24) is 0 Å². The van der Waals surface area contributed by atoms with E-state index in [1.807, 2.05) is 0 Å². The Hall–Kier alpha value is -1.27. The van der Waals surface area contributed by atoms with E-state index >= 15 is 0 Å². The number of nitrogens with one attached hydrogen (secondary N) is 1. The van der Waals surface area contributed by atoms with Crippen molar-refractivity contribution in [2.24, 2.45) is 0 Å². The number of rotatable bonds is 5. The lowest BCUT2D eigenvalue weighted by molar-refractivity contribution is -0.174. The van der Waals surface area contributed by atoms with E-state index in [-0.39, 0.29) is 5.88 Å². The molecule has 1 aromatic rings. The summed E-state index contributed by atoms with van der Waals surface area (Å²) in [5, 5.41) is 2.43. The van der Waals surface area contributed by atoms with Gasteiger partial charge in [-0.15, -0.1) is 11.6 Å². The molecule has 0 spiro atoms. The second-order valence-electron chi connectivity index (χ2n) is 3.45. The summed E-state index contributed by atoms with van der Waals surface area (Å²) in [5.41, 5.74) is 1.15. The van der Waals surface area contributed by atoms with Crippen LogP contribution in [0.15, 0.2) is 24.3 Å². The molecule has 0 aliphatic rings. The summed E-state index contributed by atoms with van der Waals surface area (Å²) in [4.78, 5) is 11.3. The zero-order valence-corrected chi connectivity index (χ0v) is 10.0. The van der Waals surface area contributed by atoms with Crippen LogP contribution in [0, 0.1) is 0 Å². The van der Waals surface area contributed by atoms with E-state index < -0.39 is 25.3 Å². The van der Waals surface area contributed by atoms with Gasteiger partial charge in [0.25, 0.3) is 0 Å². The number of alkyl halides is 4. The Morgan fingerprint density at radius 1 is 1.33 bits per heavy atom. The standard InChI is InChI=1S/C11H11ClF3NO2/c12-5-8-3-1-2-4-9(8)16-10(17)6-18-7-11(13,14)15/h1-4H,5-7H2,(H,16,17). The lowest BCUT2D eigenvalue weighted by atomic mass is 10.2. The number of carbonyl (C=O) groups is 1. The Labute approximate surface area is 107 Å². The van der Waals surface area contributed by atoms with Gasteiger partial charge in [0.1, 0.15) is 13.2 Å². The molecule has 18 heavy (non-hydrogen) atoms. The number of carbonyl (C=O) groups excluding carboxylic acids is 1. The highest BCUT2D eigenvalue weighted by atomic mass is 35.5. The number of para-hydroxylation sites is 1. The lowest BCUT2D eigenvalue weighted by Crippen LogP contribution is -2.24. The average molecular weight is 282 g/mol. The van der Waals surface area contributed by atoms with Crippen molar-refractivity contribution in [1.29, 1.82) is 0 Å². The Balaban J connectivity index is 2.45. The zero-order valence-electron chi connectivity index (χ0n) is 9.26. The first-order chi connectivity index (χ1) is 8.42. The number of hydrogen-bond donors (Lipinski definition) is 1. The van der Waals surface area contributed by atoms with Crippen LogP contribution < -0.4 is 5.32 Å². The molecule has 1 amide bonds. The second kappa shape index (κ2) is 6.61. The van der Waals surface area contributed by atoms with Crippen molar-refractivity contribution in [3.63, 3.8) is 0 Å². The highest BCUT2D eigenvalue weighted by Gasteiger charge is 2.27. The predicted octanol–water partition coefficient (Wildman–Crippen LogP) is 2.94. The fraction of sp³-hybridized carbons (Fsp3) is 0.364. The van der Waals surface area contributed by atoms with E-state index in [4.69, 9.17) is 11.6 Å². The molecule has 0 aromatic heterocycles. The highest BCUT2D eigenvalue weighted by Crippen LogP contribution is 2.17. The Kier molecular flexibility index (Phi) is 5.43. The molecule has 1 rings (SSSR count). The molecule has 0 aliphatic heterocycles. The minimum Gasteiger partial charge on any atom is -0.362 e. The highest BCUT2D eigenvalue weighted by molar-refractivity contribution is 6.17. The molecule has 1 N–H and O–H groups in total. The molecule has 0 heterocycles. The molecule has 0 radical (unpaired) electrons. The van der Waals surface area contributed by atoms with Gasteiger partial charge in [-0.1, -0.05) is 18.2 Å². The van der Waals surface area contributed by atoms with Gasteiger partial charge < -0.3 is 10.1 Å². The maximum absolute atomic E-state index is 11.8. The SMILES string of the molecule is O=C(COCC(F)(F)F)Nc1ccccc1CCl. The van der Waals surface area contributed by atoms with Gasteiger partial charge in [0, 0.05) is 11.6 Å². The molecule has 7 heteroatoms. The van der Waals surface area contributed by atoms with Crippen LogP contribution in [0.1, 0.15) is 5.56 Å². The molecule has 0 unspecified atom stereocenters. The summed E-state index contributed by atoms with van der Waals surface area (Å²) >= 11 is 5.65. The topological polar surface area (TPSA) is 38.3 Å². The molecule has 1 aromatic carbocycles. The summed E-state index contributed by atoms with van der Waals surface area (Å²) in [6.07, 6.45) is -4.44. The van der Waals surface area contributed by atoms with Gasteiger partial charge >= 0.3 is 6.18 Å². The molecule has 0 bridgehead atoms. The van der Waals surface area contributed by atoms with Crippen LogP contribution in [0.5, 0.6) is 0 Å². The van der Waals surface area contributed by atoms with Crippen LogP contribution in [-0.4, -0.2) is 25.3 Å². The normalized spacial score (nSPS) is 11.3. The van der Waals surface area contributed by atoms with Gasteiger partial charge in [-0.2, -0.15) is 13.2 Å². The van der Waals surface area contributed by atoms with Crippen LogP contribution in [0.3, 0.4) is 0 Å². The van der Waals surface area contributed by atoms with Gasteiger partial charge in [0.15, 0.2) is 0 Å². The molecule has 100 valence electrons. The Bertz CT molecular complexity index is 410. The van der Waals surface area contributed by atoms with Gasteiger partial charge in [-0.05, 0) is 11.6 Å². The van der Waals surface area contributed by atoms with E-state index in [2.05, 4.69) is 10.1 Å². The van der Waals surface area contributed by atoms with Crippen molar-refractivity contribution >= 4 is 23.2 Å². The van der Waals surface area contributed by atoms with E-state index in [1.54, 1.807) is 24.3 Å². The van der Waals surface area contributed by atoms with Crippen molar-refractivity contribution < 1.29 is 22.7 Å². The summed E-state index contributed by atoms with van der Waals surface area (Å²) in [7, 11) is 0. The maximum atomic E-state index is 11.8. The molecule has 0 aliphatic carbocycles. The van der Waals surface area contributed by atoms with Gasteiger partial charge in [-0.25, -0.2) is 0 Å². The van der Waals surface area contributed by atoms with Crippen molar-refractivity contribution in [2.75, 3.05) is 18.5 Å². The first kappa shape index (κ1) is 14.8. The number of amides is 1. The fourth-order valence-electron chi connectivity index (χ4n) is 1.20. The van der Waals surface area contributed by atoms with Crippen LogP contribution in [-0.2, 0) is 15.4 Å².